The molecule has 546 valence electrons. The molecule has 17 nitrogen and oxygen atoms in total. The van der Waals surface area contributed by atoms with Gasteiger partial charge in [0.1, 0.15) is 19.3 Å². The highest BCUT2D eigenvalue weighted by Crippen LogP contribution is 2.45. The maximum atomic E-state index is 13.0. The highest BCUT2D eigenvalue weighted by molar-refractivity contribution is 7.47. The zero-order chi connectivity index (χ0) is 68.2. The quantitative estimate of drug-likeness (QED) is 0.0222. The van der Waals surface area contributed by atoms with Gasteiger partial charge in [0.15, 0.2) is 12.2 Å². The molecule has 0 saturated carbocycles. The van der Waals surface area contributed by atoms with Gasteiger partial charge in [0.05, 0.1) is 26.4 Å². The summed E-state index contributed by atoms with van der Waals surface area (Å²) in [5.74, 6) is 0.862. The molecule has 0 aliphatic rings. The van der Waals surface area contributed by atoms with Crippen molar-refractivity contribution in [3.05, 3.63) is 0 Å². The summed E-state index contributed by atoms with van der Waals surface area (Å²) in [4.78, 5) is 72.6. The summed E-state index contributed by atoms with van der Waals surface area (Å²) in [7, 11) is -9.91. The summed E-state index contributed by atoms with van der Waals surface area (Å²) in [6.45, 7) is 14.1. The van der Waals surface area contributed by atoms with Gasteiger partial charge in [-0.2, -0.15) is 0 Å². The lowest BCUT2D eigenvalue weighted by atomic mass is 10.00. The van der Waals surface area contributed by atoms with Crippen LogP contribution in [0.5, 0.6) is 0 Å². The third-order valence-corrected chi connectivity index (χ3v) is 19.1. The lowest BCUT2D eigenvalue weighted by molar-refractivity contribution is -0.161. The molecule has 0 bridgehead atoms. The van der Waals surface area contributed by atoms with E-state index in [4.69, 9.17) is 37.0 Å². The van der Waals surface area contributed by atoms with Crippen LogP contribution >= 0.6 is 15.6 Å². The first-order valence-corrected chi connectivity index (χ1v) is 40.7. The van der Waals surface area contributed by atoms with E-state index >= 15 is 0 Å². The third-order valence-electron chi connectivity index (χ3n) is 17.2. The Balaban J connectivity index is 5.20. The van der Waals surface area contributed by atoms with Crippen molar-refractivity contribution in [3.63, 3.8) is 0 Å². The summed E-state index contributed by atoms with van der Waals surface area (Å²) in [6.07, 6.45) is 46.0. The van der Waals surface area contributed by atoms with Crippen LogP contribution in [-0.2, 0) is 65.4 Å². The van der Waals surface area contributed by atoms with E-state index in [1.54, 1.807) is 0 Å². The number of aliphatic hydroxyl groups excluding tert-OH is 1. The standard InChI is InChI=1S/C73H142O17P2/c1-9-66(8)52-44-36-31-32-38-46-54-71(76)84-60-69(90-73(78)56-48-40-30-24-27-35-43-51-65(6)7)62-88-92(81,82)86-58-67(74)57-85-91(79,80)87-61-68(89-72(77)55-47-39-29-23-19-18-21-26-34-42-50-64(4)5)59-83-70(75)53-45-37-28-22-17-15-13-11-10-12-14-16-20-25-33-41-49-63(2)3/h63-69,74H,9-62H2,1-8H3,(H,79,80)(H,81,82)/t66?,67-,68-,69-/m1/s1. The number of hydrogen-bond acceptors (Lipinski definition) is 15. The number of aliphatic hydroxyl groups is 1. The Labute approximate surface area is 562 Å². The monoisotopic (exact) mass is 1350 g/mol. The van der Waals surface area contributed by atoms with Gasteiger partial charge in [-0.05, 0) is 49.4 Å². The fourth-order valence-corrected chi connectivity index (χ4v) is 12.6. The summed E-state index contributed by atoms with van der Waals surface area (Å²) < 4.78 is 68.3. The topological polar surface area (TPSA) is 237 Å². The predicted molar refractivity (Wildman–Crippen MR) is 372 cm³/mol. The number of carbonyl (C=O) groups is 4. The maximum absolute atomic E-state index is 13.0. The molecule has 0 aromatic rings. The smallest absolute Gasteiger partial charge is 0.462 e. The van der Waals surface area contributed by atoms with Crippen molar-refractivity contribution in [2.45, 2.75) is 382 Å². The van der Waals surface area contributed by atoms with Crippen LogP contribution in [0.1, 0.15) is 364 Å². The molecule has 0 heterocycles. The van der Waals surface area contributed by atoms with Gasteiger partial charge in [-0.3, -0.25) is 37.3 Å². The second-order valence-electron chi connectivity index (χ2n) is 28.0. The minimum absolute atomic E-state index is 0.102. The highest BCUT2D eigenvalue weighted by atomic mass is 31.2. The summed E-state index contributed by atoms with van der Waals surface area (Å²) in [6, 6.07) is 0. The number of hydrogen-bond donors (Lipinski definition) is 3. The highest BCUT2D eigenvalue weighted by Gasteiger charge is 2.30. The van der Waals surface area contributed by atoms with Crippen molar-refractivity contribution >= 4 is 39.5 Å². The van der Waals surface area contributed by atoms with Crippen LogP contribution in [0.2, 0.25) is 0 Å². The Hall–Kier alpha value is -1.94. The summed E-state index contributed by atoms with van der Waals surface area (Å²) in [5, 5.41) is 10.6. The molecule has 3 unspecified atom stereocenters. The minimum atomic E-state index is -4.96. The van der Waals surface area contributed by atoms with Crippen LogP contribution in [-0.4, -0.2) is 96.7 Å². The van der Waals surface area contributed by atoms with Gasteiger partial charge >= 0.3 is 39.5 Å². The van der Waals surface area contributed by atoms with E-state index < -0.39 is 97.5 Å². The molecule has 0 rings (SSSR count). The van der Waals surface area contributed by atoms with E-state index in [-0.39, 0.29) is 25.7 Å². The molecule has 0 amide bonds. The first-order chi connectivity index (χ1) is 44.1. The molecule has 0 spiro atoms. The average molecular weight is 1350 g/mol. The Bertz CT molecular complexity index is 1820. The van der Waals surface area contributed by atoms with Crippen LogP contribution in [0.25, 0.3) is 0 Å². The number of phosphoric acid groups is 2. The second-order valence-corrected chi connectivity index (χ2v) is 30.9. The van der Waals surface area contributed by atoms with Crippen molar-refractivity contribution in [2.75, 3.05) is 39.6 Å². The number of carbonyl (C=O) groups excluding carboxylic acids is 4. The van der Waals surface area contributed by atoms with Gasteiger partial charge in [-0.25, -0.2) is 9.13 Å². The van der Waals surface area contributed by atoms with E-state index in [1.165, 1.54) is 161 Å². The summed E-state index contributed by atoms with van der Waals surface area (Å²) in [5.41, 5.74) is 0. The molecular formula is C73H142O17P2. The normalized spacial score (nSPS) is 14.5. The van der Waals surface area contributed by atoms with E-state index in [1.807, 2.05) is 0 Å². The molecule has 92 heavy (non-hydrogen) atoms. The van der Waals surface area contributed by atoms with E-state index in [2.05, 4.69) is 55.4 Å². The van der Waals surface area contributed by atoms with Crippen LogP contribution < -0.4 is 0 Å². The van der Waals surface area contributed by atoms with Crippen molar-refractivity contribution < 1.29 is 80.2 Å². The number of unbranched alkanes of at least 4 members (excludes halogenated alkanes) is 35. The van der Waals surface area contributed by atoms with E-state index in [0.717, 1.165) is 114 Å². The SMILES string of the molecule is CCC(C)CCCCCCCCC(=O)OC[C@H](COP(=O)(O)OC[C@H](O)COP(=O)(O)OC[C@@H](COC(=O)CCCCCCCCCCCCCCCCCCC(C)C)OC(=O)CCCCCCCCCCCCC(C)C)OC(=O)CCCCCCCCCC(C)C. The number of ether oxygens (including phenoxy) is 4. The van der Waals surface area contributed by atoms with Crippen LogP contribution in [0.3, 0.4) is 0 Å². The molecule has 6 atom stereocenters. The van der Waals surface area contributed by atoms with Crippen LogP contribution in [0.15, 0.2) is 0 Å². The Morgan fingerprint density at radius 1 is 0.304 bits per heavy atom. The molecule has 0 saturated heterocycles. The van der Waals surface area contributed by atoms with Crippen molar-refractivity contribution in [2.24, 2.45) is 23.7 Å². The van der Waals surface area contributed by atoms with Gasteiger partial charge in [0.2, 0.25) is 0 Å². The number of rotatable bonds is 70. The lowest BCUT2D eigenvalue weighted by Crippen LogP contribution is -2.30. The molecule has 0 aromatic carbocycles. The number of phosphoric ester groups is 2. The van der Waals surface area contributed by atoms with Gasteiger partial charge in [0.25, 0.3) is 0 Å². The first-order valence-electron chi connectivity index (χ1n) is 37.7. The Kier molecular flexibility index (Phi) is 61.3. The third kappa shape index (κ3) is 65.4. The van der Waals surface area contributed by atoms with E-state index in [9.17, 15) is 43.2 Å². The molecule has 0 aromatic heterocycles. The predicted octanol–water partition coefficient (Wildman–Crippen LogP) is 20.9. The molecular weight excluding hydrogens is 1210 g/mol. The molecule has 3 N–H and O–H groups in total. The van der Waals surface area contributed by atoms with Gasteiger partial charge in [0, 0.05) is 25.7 Å². The fraction of sp³-hybridized carbons (Fsp3) is 0.945. The Morgan fingerprint density at radius 2 is 0.522 bits per heavy atom. The molecule has 0 radical (unpaired) electrons. The fourth-order valence-electron chi connectivity index (χ4n) is 11.0. The minimum Gasteiger partial charge on any atom is -0.462 e. The first kappa shape index (κ1) is 90.1. The zero-order valence-corrected chi connectivity index (χ0v) is 62.0. The molecule has 0 aliphatic heterocycles. The van der Waals surface area contributed by atoms with Gasteiger partial charge in [-0.15, -0.1) is 0 Å². The van der Waals surface area contributed by atoms with Crippen molar-refractivity contribution in [3.8, 4) is 0 Å². The number of esters is 4. The summed E-state index contributed by atoms with van der Waals surface area (Å²) >= 11 is 0. The van der Waals surface area contributed by atoms with Crippen LogP contribution in [0.4, 0.5) is 0 Å². The van der Waals surface area contributed by atoms with E-state index in [0.29, 0.717) is 31.6 Å². The lowest BCUT2D eigenvalue weighted by Gasteiger charge is -2.21. The molecule has 0 fully saturated rings. The molecule has 19 heteroatoms. The maximum Gasteiger partial charge on any atom is 0.472 e. The van der Waals surface area contributed by atoms with Gasteiger partial charge < -0.3 is 33.8 Å². The second kappa shape index (κ2) is 62.6. The van der Waals surface area contributed by atoms with Crippen molar-refractivity contribution in [1.29, 1.82) is 0 Å². The largest absolute Gasteiger partial charge is 0.472 e. The average Bonchev–Trinajstić information content (AvgIpc) is 1.70. The zero-order valence-electron chi connectivity index (χ0n) is 60.2. The van der Waals surface area contributed by atoms with Crippen LogP contribution in [0, 0.1) is 23.7 Å². The van der Waals surface area contributed by atoms with Crippen molar-refractivity contribution in [1.82, 2.24) is 0 Å². The van der Waals surface area contributed by atoms with Gasteiger partial charge in [-0.1, -0.05) is 312 Å². The Morgan fingerprint density at radius 3 is 0.772 bits per heavy atom. The molecule has 0 aliphatic carbocycles.